The molecule has 0 saturated carbocycles. The number of methoxy groups -OCH3 is 1. The first-order chi connectivity index (χ1) is 13.7. The third-order valence-corrected chi connectivity index (χ3v) is 7.21. The maximum absolute atomic E-state index is 13.0. The molecule has 1 aromatic carbocycles. The Balaban J connectivity index is 1.78. The van der Waals surface area contributed by atoms with Crippen LogP contribution in [0, 0.1) is 0 Å². The Labute approximate surface area is 171 Å². The number of rotatable bonds is 4. The lowest BCUT2D eigenvalue weighted by Crippen LogP contribution is -2.48. The average Bonchev–Trinajstić information content (AvgIpc) is 2.72. The minimum Gasteiger partial charge on any atom is -0.467 e. The highest BCUT2D eigenvalue weighted by atomic mass is 32.2. The first-order valence-electron chi connectivity index (χ1n) is 9.88. The van der Waals surface area contributed by atoms with Gasteiger partial charge in [-0.2, -0.15) is 4.31 Å². The summed E-state index contributed by atoms with van der Waals surface area (Å²) >= 11 is 0. The van der Waals surface area contributed by atoms with Crippen LogP contribution in [0.4, 0.5) is 0 Å². The van der Waals surface area contributed by atoms with Crippen molar-refractivity contribution < 1.29 is 27.5 Å². The van der Waals surface area contributed by atoms with Gasteiger partial charge >= 0.3 is 5.97 Å². The molecule has 0 radical (unpaired) electrons. The number of likely N-dealkylation sites (tertiary alicyclic amines) is 1. The zero-order valence-electron chi connectivity index (χ0n) is 17.0. The number of sulfonamides is 1. The Kier molecular flexibility index (Phi) is 6.60. The van der Waals surface area contributed by atoms with Gasteiger partial charge in [0.05, 0.1) is 24.2 Å². The van der Waals surface area contributed by atoms with Gasteiger partial charge in [-0.15, -0.1) is 0 Å². The van der Waals surface area contributed by atoms with Crippen molar-refractivity contribution in [3.8, 4) is 0 Å². The summed E-state index contributed by atoms with van der Waals surface area (Å²) < 4.78 is 37.8. The van der Waals surface area contributed by atoms with Crippen LogP contribution in [0.15, 0.2) is 29.2 Å². The molecule has 2 fully saturated rings. The summed E-state index contributed by atoms with van der Waals surface area (Å²) in [5.41, 5.74) is 0.350. The van der Waals surface area contributed by atoms with E-state index in [1.807, 2.05) is 13.8 Å². The molecule has 2 heterocycles. The highest BCUT2D eigenvalue weighted by molar-refractivity contribution is 7.89. The molecule has 0 bridgehead atoms. The number of hydrogen-bond donors (Lipinski definition) is 0. The SMILES string of the molecule is COC(=O)C1CCCCN1C(=O)c1ccc(S(=O)(=O)N2CC(C)OC(C)C2)cc1. The normalized spacial score (nSPS) is 26.2. The van der Waals surface area contributed by atoms with Crippen LogP contribution in [0.25, 0.3) is 0 Å². The quantitative estimate of drug-likeness (QED) is 0.683. The van der Waals surface area contributed by atoms with Crippen LogP contribution in [-0.2, 0) is 24.3 Å². The summed E-state index contributed by atoms with van der Waals surface area (Å²) in [7, 11) is -2.36. The minimum atomic E-state index is -3.67. The fraction of sp³-hybridized carbons (Fsp3) is 0.600. The molecule has 2 aliphatic heterocycles. The summed E-state index contributed by atoms with van der Waals surface area (Å²) in [6, 6.07) is 5.31. The van der Waals surface area contributed by atoms with Gasteiger partial charge < -0.3 is 14.4 Å². The summed E-state index contributed by atoms with van der Waals surface area (Å²) in [5, 5.41) is 0. The van der Waals surface area contributed by atoms with Gasteiger partial charge in [0.15, 0.2) is 0 Å². The van der Waals surface area contributed by atoms with Gasteiger partial charge in [-0.25, -0.2) is 13.2 Å². The van der Waals surface area contributed by atoms with Gasteiger partial charge in [-0.1, -0.05) is 0 Å². The Hall–Kier alpha value is -1.97. The molecule has 9 heteroatoms. The zero-order valence-corrected chi connectivity index (χ0v) is 17.9. The lowest BCUT2D eigenvalue weighted by molar-refractivity contribution is -0.147. The van der Waals surface area contributed by atoms with E-state index in [0.717, 1.165) is 12.8 Å². The maximum atomic E-state index is 13.0. The molecular weight excluding hydrogens is 396 g/mol. The molecule has 0 spiro atoms. The molecule has 0 aliphatic carbocycles. The van der Waals surface area contributed by atoms with Crippen molar-refractivity contribution in [1.82, 2.24) is 9.21 Å². The van der Waals surface area contributed by atoms with E-state index >= 15 is 0 Å². The number of hydrogen-bond acceptors (Lipinski definition) is 6. The number of morpholine rings is 1. The van der Waals surface area contributed by atoms with Gasteiger partial charge in [0.1, 0.15) is 6.04 Å². The molecule has 29 heavy (non-hydrogen) atoms. The number of carbonyl (C=O) groups is 2. The van der Waals surface area contributed by atoms with Crippen LogP contribution >= 0.6 is 0 Å². The van der Waals surface area contributed by atoms with Crippen molar-refractivity contribution in [2.24, 2.45) is 0 Å². The van der Waals surface area contributed by atoms with Crippen molar-refractivity contribution in [3.63, 3.8) is 0 Å². The van der Waals surface area contributed by atoms with E-state index in [4.69, 9.17) is 9.47 Å². The molecule has 3 atom stereocenters. The number of piperidine rings is 1. The third-order valence-electron chi connectivity index (χ3n) is 5.36. The first-order valence-corrected chi connectivity index (χ1v) is 11.3. The second-order valence-corrected chi connectivity index (χ2v) is 9.57. The second-order valence-electron chi connectivity index (χ2n) is 7.64. The zero-order chi connectivity index (χ0) is 21.2. The van der Waals surface area contributed by atoms with Crippen LogP contribution in [0.5, 0.6) is 0 Å². The monoisotopic (exact) mass is 424 g/mol. The van der Waals surface area contributed by atoms with Crippen molar-refractivity contribution >= 4 is 21.9 Å². The van der Waals surface area contributed by atoms with E-state index in [-0.39, 0.29) is 23.0 Å². The average molecular weight is 425 g/mol. The number of carbonyl (C=O) groups excluding carboxylic acids is 2. The van der Waals surface area contributed by atoms with Gasteiger partial charge in [-0.05, 0) is 57.4 Å². The highest BCUT2D eigenvalue weighted by Crippen LogP contribution is 2.24. The number of esters is 1. The largest absolute Gasteiger partial charge is 0.467 e. The van der Waals surface area contributed by atoms with E-state index in [1.54, 1.807) is 0 Å². The minimum absolute atomic E-state index is 0.138. The molecule has 3 rings (SSSR count). The Bertz CT molecular complexity index is 844. The summed E-state index contributed by atoms with van der Waals surface area (Å²) in [6.45, 7) is 4.75. The fourth-order valence-corrected chi connectivity index (χ4v) is 5.56. The molecule has 8 nitrogen and oxygen atoms in total. The molecule has 0 N–H and O–H groups in total. The van der Waals surface area contributed by atoms with Gasteiger partial charge in [0.25, 0.3) is 5.91 Å². The fourth-order valence-electron chi connectivity index (χ4n) is 3.97. The lowest BCUT2D eigenvalue weighted by atomic mass is 10.0. The molecule has 1 aromatic rings. The van der Waals surface area contributed by atoms with E-state index in [0.29, 0.717) is 31.6 Å². The molecular formula is C20H28N2O6S. The topological polar surface area (TPSA) is 93.2 Å². The van der Waals surface area contributed by atoms with Crippen molar-refractivity contribution in [1.29, 1.82) is 0 Å². The van der Waals surface area contributed by atoms with E-state index < -0.39 is 22.0 Å². The number of amides is 1. The Morgan fingerprint density at radius 2 is 1.69 bits per heavy atom. The van der Waals surface area contributed by atoms with Crippen molar-refractivity contribution in [3.05, 3.63) is 29.8 Å². The van der Waals surface area contributed by atoms with E-state index in [2.05, 4.69) is 0 Å². The molecule has 2 aliphatic rings. The standard InChI is InChI=1S/C20H28N2O6S/c1-14-12-21(13-15(2)28-14)29(25,26)17-9-7-16(8-10-17)19(23)22-11-5-4-6-18(22)20(24)27-3/h7-10,14-15,18H,4-6,11-13H2,1-3H3. The highest BCUT2D eigenvalue weighted by Gasteiger charge is 2.34. The summed E-state index contributed by atoms with van der Waals surface area (Å²) in [4.78, 5) is 26.6. The first kappa shape index (κ1) is 21.7. The molecule has 0 aromatic heterocycles. The van der Waals surface area contributed by atoms with Crippen LogP contribution in [0.3, 0.4) is 0 Å². The van der Waals surface area contributed by atoms with Gasteiger partial charge in [0, 0.05) is 25.2 Å². The van der Waals surface area contributed by atoms with Crippen molar-refractivity contribution in [2.75, 3.05) is 26.7 Å². The maximum Gasteiger partial charge on any atom is 0.328 e. The Morgan fingerprint density at radius 3 is 2.28 bits per heavy atom. The van der Waals surface area contributed by atoms with E-state index in [9.17, 15) is 18.0 Å². The summed E-state index contributed by atoms with van der Waals surface area (Å²) in [6.07, 6.45) is 1.89. The van der Waals surface area contributed by atoms with Gasteiger partial charge in [-0.3, -0.25) is 4.79 Å². The van der Waals surface area contributed by atoms with Crippen molar-refractivity contribution in [2.45, 2.75) is 56.3 Å². The van der Waals surface area contributed by atoms with Crippen LogP contribution in [0.1, 0.15) is 43.5 Å². The second kappa shape index (κ2) is 8.81. The number of nitrogens with zero attached hydrogens (tertiary/aromatic N) is 2. The molecule has 1 amide bonds. The third kappa shape index (κ3) is 4.62. The number of ether oxygens (including phenoxy) is 2. The van der Waals surface area contributed by atoms with Crippen LogP contribution < -0.4 is 0 Å². The predicted molar refractivity (Wildman–Crippen MR) is 106 cm³/mol. The Morgan fingerprint density at radius 1 is 1.07 bits per heavy atom. The molecule has 2 saturated heterocycles. The lowest BCUT2D eigenvalue weighted by Gasteiger charge is -2.34. The molecule has 3 unspecified atom stereocenters. The number of benzene rings is 1. The summed E-state index contributed by atoms with van der Waals surface area (Å²) in [5.74, 6) is -0.717. The van der Waals surface area contributed by atoms with Crippen LogP contribution in [0.2, 0.25) is 0 Å². The van der Waals surface area contributed by atoms with E-state index in [1.165, 1.54) is 40.6 Å². The smallest absolute Gasteiger partial charge is 0.328 e. The predicted octanol–water partition coefficient (Wildman–Crippen LogP) is 1.65. The molecule has 160 valence electrons. The van der Waals surface area contributed by atoms with Gasteiger partial charge in [0.2, 0.25) is 10.0 Å². The van der Waals surface area contributed by atoms with Crippen LogP contribution in [-0.4, -0.2) is 74.5 Å².